The van der Waals surface area contributed by atoms with E-state index in [9.17, 15) is 8.78 Å². The van der Waals surface area contributed by atoms with E-state index < -0.39 is 11.6 Å². The van der Waals surface area contributed by atoms with E-state index in [2.05, 4.69) is 5.32 Å². The summed E-state index contributed by atoms with van der Waals surface area (Å²) in [5.41, 5.74) is 1.67. The van der Waals surface area contributed by atoms with Crippen LogP contribution in [-0.4, -0.2) is 0 Å². The molecule has 0 spiro atoms. The van der Waals surface area contributed by atoms with Crippen LogP contribution in [0.25, 0.3) is 0 Å². The van der Waals surface area contributed by atoms with Crippen molar-refractivity contribution in [2.75, 3.05) is 0 Å². The van der Waals surface area contributed by atoms with Crippen molar-refractivity contribution < 1.29 is 8.78 Å². The van der Waals surface area contributed by atoms with Crippen molar-refractivity contribution in [3.8, 4) is 0 Å². The second-order valence-corrected chi connectivity index (χ2v) is 4.78. The third-order valence-electron chi connectivity index (χ3n) is 2.97. The summed E-state index contributed by atoms with van der Waals surface area (Å²) >= 11 is 6.10. The molecular formula is C15H14ClF2N. The lowest BCUT2D eigenvalue weighted by Gasteiger charge is -2.15. The first kappa shape index (κ1) is 14.0. The zero-order valence-corrected chi connectivity index (χ0v) is 11.2. The van der Waals surface area contributed by atoms with E-state index in [4.69, 9.17) is 11.6 Å². The number of nitrogens with one attached hydrogen (secondary N) is 1. The number of hydrogen-bond donors (Lipinski definition) is 1. The highest BCUT2D eigenvalue weighted by molar-refractivity contribution is 6.31. The molecule has 0 unspecified atom stereocenters. The van der Waals surface area contributed by atoms with Crippen LogP contribution in [0.5, 0.6) is 0 Å². The van der Waals surface area contributed by atoms with E-state index in [1.165, 1.54) is 6.07 Å². The van der Waals surface area contributed by atoms with Crippen molar-refractivity contribution in [1.82, 2.24) is 5.32 Å². The molecule has 0 amide bonds. The van der Waals surface area contributed by atoms with E-state index >= 15 is 0 Å². The van der Waals surface area contributed by atoms with Crippen LogP contribution in [0.1, 0.15) is 24.1 Å². The van der Waals surface area contributed by atoms with Crippen LogP contribution < -0.4 is 5.32 Å². The van der Waals surface area contributed by atoms with E-state index in [-0.39, 0.29) is 6.04 Å². The third kappa shape index (κ3) is 3.52. The molecule has 0 aliphatic rings. The van der Waals surface area contributed by atoms with Crippen molar-refractivity contribution >= 4 is 11.6 Å². The minimum atomic E-state index is -0.831. The lowest BCUT2D eigenvalue weighted by atomic mass is 10.1. The van der Waals surface area contributed by atoms with Gasteiger partial charge in [0, 0.05) is 17.6 Å². The van der Waals surface area contributed by atoms with Gasteiger partial charge in [-0.1, -0.05) is 35.9 Å². The molecule has 0 heterocycles. The molecule has 0 fully saturated rings. The Morgan fingerprint density at radius 1 is 1.11 bits per heavy atom. The van der Waals surface area contributed by atoms with Gasteiger partial charge in [0.2, 0.25) is 0 Å². The van der Waals surface area contributed by atoms with Crippen molar-refractivity contribution in [3.63, 3.8) is 0 Å². The Bertz CT molecular complexity index is 572. The van der Waals surface area contributed by atoms with Gasteiger partial charge in [-0.25, -0.2) is 8.78 Å². The van der Waals surface area contributed by atoms with Crippen LogP contribution in [0.4, 0.5) is 8.78 Å². The van der Waals surface area contributed by atoms with E-state index in [1.54, 1.807) is 6.07 Å². The molecule has 2 aromatic carbocycles. The monoisotopic (exact) mass is 281 g/mol. The van der Waals surface area contributed by atoms with Crippen molar-refractivity contribution in [1.29, 1.82) is 0 Å². The van der Waals surface area contributed by atoms with Crippen molar-refractivity contribution in [2.24, 2.45) is 0 Å². The SMILES string of the molecule is C[C@H](NCc1ccc(F)c(F)c1)c1ccccc1Cl. The first-order valence-corrected chi connectivity index (χ1v) is 6.37. The lowest BCUT2D eigenvalue weighted by Crippen LogP contribution is -2.18. The van der Waals surface area contributed by atoms with Gasteiger partial charge in [-0.15, -0.1) is 0 Å². The summed E-state index contributed by atoms with van der Waals surface area (Å²) < 4.78 is 25.9. The molecule has 2 rings (SSSR count). The van der Waals surface area contributed by atoms with Crippen LogP contribution in [0.2, 0.25) is 5.02 Å². The number of halogens is 3. The van der Waals surface area contributed by atoms with Crippen LogP contribution in [0.3, 0.4) is 0 Å². The molecule has 1 nitrogen and oxygen atoms in total. The van der Waals surface area contributed by atoms with Gasteiger partial charge >= 0.3 is 0 Å². The molecule has 1 N–H and O–H groups in total. The minimum absolute atomic E-state index is 0.0295. The Kier molecular flexibility index (Phi) is 4.51. The van der Waals surface area contributed by atoms with Crippen LogP contribution in [-0.2, 0) is 6.54 Å². The third-order valence-corrected chi connectivity index (χ3v) is 3.31. The highest BCUT2D eigenvalue weighted by Crippen LogP contribution is 2.22. The van der Waals surface area contributed by atoms with Gasteiger partial charge in [0.15, 0.2) is 11.6 Å². The molecule has 4 heteroatoms. The van der Waals surface area contributed by atoms with E-state index in [0.29, 0.717) is 17.1 Å². The molecular weight excluding hydrogens is 268 g/mol. The molecule has 0 saturated carbocycles. The summed E-state index contributed by atoms with van der Waals surface area (Å²) in [4.78, 5) is 0. The van der Waals surface area contributed by atoms with Gasteiger partial charge < -0.3 is 5.32 Å². The molecule has 100 valence electrons. The largest absolute Gasteiger partial charge is 0.306 e. The van der Waals surface area contributed by atoms with Crippen LogP contribution >= 0.6 is 11.6 Å². The predicted molar refractivity (Wildman–Crippen MR) is 73.1 cm³/mol. The molecule has 0 aromatic heterocycles. The second-order valence-electron chi connectivity index (χ2n) is 4.37. The fourth-order valence-electron chi connectivity index (χ4n) is 1.86. The van der Waals surface area contributed by atoms with Gasteiger partial charge in [-0.2, -0.15) is 0 Å². The van der Waals surface area contributed by atoms with E-state index in [1.807, 2.05) is 31.2 Å². The Hall–Kier alpha value is -1.45. The Morgan fingerprint density at radius 3 is 2.53 bits per heavy atom. The first-order chi connectivity index (χ1) is 9.08. The van der Waals surface area contributed by atoms with Gasteiger partial charge in [0.25, 0.3) is 0 Å². The molecule has 0 bridgehead atoms. The zero-order valence-electron chi connectivity index (χ0n) is 10.5. The summed E-state index contributed by atoms with van der Waals surface area (Å²) in [6.07, 6.45) is 0. The van der Waals surface area contributed by atoms with Crippen LogP contribution in [0.15, 0.2) is 42.5 Å². The maximum Gasteiger partial charge on any atom is 0.159 e. The first-order valence-electron chi connectivity index (χ1n) is 5.99. The Labute approximate surface area is 116 Å². The van der Waals surface area contributed by atoms with Gasteiger partial charge in [0.05, 0.1) is 0 Å². The fourth-order valence-corrected chi connectivity index (χ4v) is 2.16. The molecule has 19 heavy (non-hydrogen) atoms. The Morgan fingerprint density at radius 2 is 1.84 bits per heavy atom. The fraction of sp³-hybridized carbons (Fsp3) is 0.200. The predicted octanol–water partition coefficient (Wildman–Crippen LogP) is 4.47. The summed E-state index contributed by atoms with van der Waals surface area (Å²) in [6, 6.07) is 11.5. The van der Waals surface area contributed by atoms with E-state index in [0.717, 1.165) is 11.6 Å². The summed E-state index contributed by atoms with van der Waals surface area (Å²) in [7, 11) is 0. The summed E-state index contributed by atoms with van der Waals surface area (Å²) in [5, 5.41) is 3.92. The topological polar surface area (TPSA) is 12.0 Å². The highest BCUT2D eigenvalue weighted by atomic mass is 35.5. The maximum absolute atomic E-state index is 13.1. The van der Waals surface area contributed by atoms with Gasteiger partial charge in [-0.3, -0.25) is 0 Å². The molecule has 1 atom stereocenters. The number of rotatable bonds is 4. The second kappa shape index (κ2) is 6.13. The minimum Gasteiger partial charge on any atom is -0.306 e. The average Bonchev–Trinajstić information content (AvgIpc) is 2.40. The normalized spacial score (nSPS) is 12.4. The van der Waals surface area contributed by atoms with Gasteiger partial charge in [-0.05, 0) is 36.2 Å². The molecule has 0 radical (unpaired) electrons. The van der Waals surface area contributed by atoms with Crippen molar-refractivity contribution in [2.45, 2.75) is 19.5 Å². The molecule has 0 saturated heterocycles. The standard InChI is InChI=1S/C15H14ClF2N/c1-10(12-4-2-3-5-13(12)16)19-9-11-6-7-14(17)15(18)8-11/h2-8,10,19H,9H2,1H3/t10-/m0/s1. The highest BCUT2D eigenvalue weighted by Gasteiger charge is 2.09. The van der Waals surface area contributed by atoms with Crippen molar-refractivity contribution in [3.05, 3.63) is 70.2 Å². The molecule has 0 aliphatic heterocycles. The summed E-state index contributed by atoms with van der Waals surface area (Å²) in [6.45, 7) is 2.42. The Balaban J connectivity index is 2.02. The lowest BCUT2D eigenvalue weighted by molar-refractivity contribution is 0.504. The van der Waals surface area contributed by atoms with Gasteiger partial charge in [0.1, 0.15) is 0 Å². The number of hydrogen-bond acceptors (Lipinski definition) is 1. The molecule has 2 aromatic rings. The quantitative estimate of drug-likeness (QED) is 0.872. The average molecular weight is 282 g/mol. The summed E-state index contributed by atoms with van der Waals surface area (Å²) in [5.74, 6) is -1.66. The van der Waals surface area contributed by atoms with Crippen LogP contribution in [0, 0.1) is 11.6 Å². The molecule has 0 aliphatic carbocycles. The number of benzene rings is 2. The maximum atomic E-state index is 13.1. The zero-order chi connectivity index (χ0) is 13.8. The smallest absolute Gasteiger partial charge is 0.159 e.